The third kappa shape index (κ3) is 3.35. The van der Waals surface area contributed by atoms with Gasteiger partial charge < -0.3 is 4.74 Å². The molecule has 0 spiro atoms. The first-order valence-corrected chi connectivity index (χ1v) is 8.41. The van der Waals surface area contributed by atoms with E-state index >= 15 is 0 Å². The van der Waals surface area contributed by atoms with Gasteiger partial charge in [-0.05, 0) is 24.3 Å². The van der Waals surface area contributed by atoms with Crippen LogP contribution in [0.3, 0.4) is 0 Å². The first kappa shape index (κ1) is 15.4. The highest BCUT2D eigenvalue weighted by molar-refractivity contribution is 7.93. The molecule has 7 heteroatoms. The average molecular weight is 322 g/mol. The van der Waals surface area contributed by atoms with E-state index in [0.29, 0.717) is 17.3 Å². The highest BCUT2D eigenvalue weighted by atomic mass is 32.2. The van der Waals surface area contributed by atoms with Crippen LogP contribution in [0.15, 0.2) is 40.7 Å². The normalized spacial score (nSPS) is 10.9. The summed E-state index contributed by atoms with van der Waals surface area (Å²) >= 11 is 1.25. The minimum atomic E-state index is -3.69. The van der Waals surface area contributed by atoms with Crippen LogP contribution in [0.25, 0.3) is 0 Å². The standard InChI is InChI=1S/C14H14N2O3S2/c1-3-4-10-16(14-15-9-11-20-14)21(17,18)13-7-5-12(19-2)6-8-13/h1,5-9,11H,4,10H2,2H3. The molecule has 0 aliphatic carbocycles. The summed E-state index contributed by atoms with van der Waals surface area (Å²) < 4.78 is 31.7. The van der Waals surface area contributed by atoms with Gasteiger partial charge in [0.2, 0.25) is 0 Å². The summed E-state index contributed by atoms with van der Waals surface area (Å²) in [5.41, 5.74) is 0. The first-order valence-electron chi connectivity index (χ1n) is 6.09. The Labute approximate surface area is 128 Å². The molecule has 0 aliphatic heterocycles. The summed E-state index contributed by atoms with van der Waals surface area (Å²) in [5.74, 6) is 3.05. The summed E-state index contributed by atoms with van der Waals surface area (Å²) in [7, 11) is -2.17. The molecule has 2 rings (SSSR count). The molecule has 0 saturated carbocycles. The second-order valence-corrected chi connectivity index (χ2v) is 6.76. The second kappa shape index (κ2) is 6.61. The van der Waals surface area contributed by atoms with Gasteiger partial charge in [-0.3, -0.25) is 0 Å². The van der Waals surface area contributed by atoms with Crippen LogP contribution in [0, 0.1) is 12.3 Å². The maximum Gasteiger partial charge on any atom is 0.266 e. The van der Waals surface area contributed by atoms with E-state index in [0.717, 1.165) is 0 Å². The number of thiazole rings is 1. The molecule has 1 aromatic carbocycles. The zero-order valence-electron chi connectivity index (χ0n) is 11.4. The number of ether oxygens (including phenoxy) is 1. The molecule has 1 aromatic heterocycles. The third-order valence-electron chi connectivity index (χ3n) is 2.74. The van der Waals surface area contributed by atoms with Crippen molar-refractivity contribution in [3.8, 4) is 18.1 Å². The van der Waals surface area contributed by atoms with Crippen molar-refractivity contribution >= 4 is 26.5 Å². The molecule has 0 aliphatic rings. The lowest BCUT2D eigenvalue weighted by molar-refractivity contribution is 0.414. The van der Waals surface area contributed by atoms with Gasteiger partial charge in [-0.1, -0.05) is 0 Å². The lowest BCUT2D eigenvalue weighted by Gasteiger charge is -2.20. The van der Waals surface area contributed by atoms with E-state index in [1.54, 1.807) is 23.7 Å². The van der Waals surface area contributed by atoms with Gasteiger partial charge in [-0.2, -0.15) is 0 Å². The molecule has 21 heavy (non-hydrogen) atoms. The van der Waals surface area contributed by atoms with E-state index < -0.39 is 10.0 Å². The largest absolute Gasteiger partial charge is 0.497 e. The number of rotatable bonds is 6. The molecule has 0 unspecified atom stereocenters. The van der Waals surface area contributed by atoms with Crippen LogP contribution in [-0.2, 0) is 10.0 Å². The third-order valence-corrected chi connectivity index (χ3v) is 5.45. The summed E-state index contributed by atoms with van der Waals surface area (Å²) in [6.45, 7) is 0.193. The van der Waals surface area contributed by atoms with Crippen LogP contribution in [0.4, 0.5) is 5.13 Å². The van der Waals surface area contributed by atoms with Crippen molar-refractivity contribution in [1.82, 2.24) is 4.98 Å². The van der Waals surface area contributed by atoms with E-state index in [2.05, 4.69) is 10.9 Å². The number of terminal acetylenes is 1. The van der Waals surface area contributed by atoms with Gasteiger partial charge in [0.15, 0.2) is 5.13 Å². The smallest absolute Gasteiger partial charge is 0.266 e. The number of nitrogens with zero attached hydrogens (tertiary/aromatic N) is 2. The van der Waals surface area contributed by atoms with E-state index in [1.807, 2.05) is 0 Å². The molecular weight excluding hydrogens is 308 g/mol. The van der Waals surface area contributed by atoms with Crippen LogP contribution in [-0.4, -0.2) is 27.1 Å². The number of benzene rings is 1. The molecule has 0 fully saturated rings. The van der Waals surface area contributed by atoms with Gasteiger partial charge >= 0.3 is 0 Å². The zero-order chi connectivity index (χ0) is 15.3. The van der Waals surface area contributed by atoms with Crippen LogP contribution in [0.5, 0.6) is 5.75 Å². The number of methoxy groups -OCH3 is 1. The molecular formula is C14H14N2O3S2. The van der Waals surface area contributed by atoms with Crippen molar-refractivity contribution in [3.05, 3.63) is 35.8 Å². The fourth-order valence-corrected chi connectivity index (χ4v) is 4.02. The minimum absolute atomic E-state index is 0.176. The fourth-order valence-electron chi connectivity index (χ4n) is 1.70. The number of hydrogen-bond donors (Lipinski definition) is 0. The van der Waals surface area contributed by atoms with E-state index in [-0.39, 0.29) is 11.4 Å². The lowest BCUT2D eigenvalue weighted by atomic mass is 10.3. The fraction of sp³-hybridized carbons (Fsp3) is 0.214. The van der Waals surface area contributed by atoms with Gasteiger partial charge in [0.05, 0.1) is 12.0 Å². The minimum Gasteiger partial charge on any atom is -0.497 e. The molecule has 0 amide bonds. The predicted octanol–water partition coefficient (Wildman–Crippen LogP) is 2.37. The molecule has 0 saturated heterocycles. The van der Waals surface area contributed by atoms with Gasteiger partial charge in [0.25, 0.3) is 10.0 Å². The monoisotopic (exact) mass is 322 g/mol. The van der Waals surface area contributed by atoms with Crippen LogP contribution in [0.2, 0.25) is 0 Å². The SMILES string of the molecule is C#CCCN(c1nccs1)S(=O)(=O)c1ccc(OC)cc1. The van der Waals surface area contributed by atoms with Crippen molar-refractivity contribution in [3.63, 3.8) is 0 Å². The van der Waals surface area contributed by atoms with Gasteiger partial charge in [0, 0.05) is 24.5 Å². The maximum atomic E-state index is 12.7. The average Bonchev–Trinajstić information content (AvgIpc) is 3.01. The van der Waals surface area contributed by atoms with Gasteiger partial charge in [0.1, 0.15) is 5.75 Å². The molecule has 0 radical (unpaired) electrons. The Balaban J connectivity index is 2.39. The van der Waals surface area contributed by atoms with Crippen molar-refractivity contribution in [1.29, 1.82) is 0 Å². The maximum absolute atomic E-state index is 12.7. The Morgan fingerprint density at radius 1 is 1.38 bits per heavy atom. The van der Waals surface area contributed by atoms with E-state index in [1.165, 1.54) is 34.9 Å². The molecule has 0 atom stereocenters. The van der Waals surface area contributed by atoms with Crippen molar-refractivity contribution in [2.45, 2.75) is 11.3 Å². The molecule has 2 aromatic rings. The molecule has 0 bridgehead atoms. The summed E-state index contributed by atoms with van der Waals surface area (Å²) in [5, 5.41) is 2.13. The molecule has 1 heterocycles. The van der Waals surface area contributed by atoms with Gasteiger partial charge in [-0.15, -0.1) is 23.7 Å². The highest BCUT2D eigenvalue weighted by Crippen LogP contribution is 2.26. The number of hydrogen-bond acceptors (Lipinski definition) is 5. The Kier molecular flexibility index (Phi) is 4.83. The quantitative estimate of drug-likeness (QED) is 0.766. The van der Waals surface area contributed by atoms with Crippen molar-refractivity contribution < 1.29 is 13.2 Å². The lowest BCUT2D eigenvalue weighted by Crippen LogP contribution is -2.31. The van der Waals surface area contributed by atoms with E-state index in [4.69, 9.17) is 11.2 Å². The van der Waals surface area contributed by atoms with Crippen LogP contribution < -0.4 is 9.04 Å². The summed E-state index contributed by atoms with van der Waals surface area (Å²) in [4.78, 5) is 4.24. The Morgan fingerprint density at radius 2 is 2.10 bits per heavy atom. The van der Waals surface area contributed by atoms with Crippen molar-refractivity contribution in [2.75, 3.05) is 18.0 Å². The highest BCUT2D eigenvalue weighted by Gasteiger charge is 2.26. The Hall–Kier alpha value is -2.04. The first-order chi connectivity index (χ1) is 10.1. The number of anilines is 1. The number of sulfonamides is 1. The molecule has 5 nitrogen and oxygen atoms in total. The molecule has 0 N–H and O–H groups in total. The number of aromatic nitrogens is 1. The summed E-state index contributed by atoms with van der Waals surface area (Å²) in [6.07, 6.45) is 7.12. The van der Waals surface area contributed by atoms with Gasteiger partial charge in [-0.25, -0.2) is 17.7 Å². The second-order valence-electron chi connectivity index (χ2n) is 4.02. The predicted molar refractivity (Wildman–Crippen MR) is 83.1 cm³/mol. The zero-order valence-corrected chi connectivity index (χ0v) is 13.0. The van der Waals surface area contributed by atoms with Crippen molar-refractivity contribution in [2.24, 2.45) is 0 Å². The summed E-state index contributed by atoms with van der Waals surface area (Å²) in [6, 6.07) is 6.22. The topological polar surface area (TPSA) is 59.5 Å². The van der Waals surface area contributed by atoms with Crippen LogP contribution >= 0.6 is 11.3 Å². The van der Waals surface area contributed by atoms with E-state index in [9.17, 15) is 8.42 Å². The Bertz CT molecular complexity index is 717. The Morgan fingerprint density at radius 3 is 2.62 bits per heavy atom. The van der Waals surface area contributed by atoms with Crippen LogP contribution in [0.1, 0.15) is 6.42 Å². The molecule has 110 valence electrons.